The predicted octanol–water partition coefficient (Wildman–Crippen LogP) is 1.90. The lowest BCUT2D eigenvalue weighted by atomic mass is 9.44. The largest absolute Gasteiger partial charge is 0.393 e. The van der Waals surface area contributed by atoms with E-state index in [2.05, 4.69) is 13.8 Å². The number of hydrogen-bond donors (Lipinski definition) is 3. The van der Waals surface area contributed by atoms with Crippen LogP contribution in [0.2, 0.25) is 0 Å². The number of Topliss-reactive ketones (excluding diaryl/α,β-unsaturated/α-hetero) is 1. The fourth-order valence-electron chi connectivity index (χ4n) is 7.01. The molecule has 0 spiro atoms. The lowest BCUT2D eigenvalue weighted by Crippen LogP contribution is -2.64. The summed E-state index contributed by atoms with van der Waals surface area (Å²) < 4.78 is 0. The van der Waals surface area contributed by atoms with Crippen molar-refractivity contribution >= 4 is 5.78 Å². The van der Waals surface area contributed by atoms with Gasteiger partial charge in [-0.2, -0.15) is 0 Å². The number of ketones is 1. The van der Waals surface area contributed by atoms with Gasteiger partial charge in [-0.15, -0.1) is 0 Å². The number of aliphatic hydroxyl groups is 3. The average molecular weight is 322 g/mol. The Kier molecular flexibility index (Phi) is 3.51. The van der Waals surface area contributed by atoms with E-state index in [1.54, 1.807) is 0 Å². The van der Waals surface area contributed by atoms with Crippen LogP contribution in [0.3, 0.4) is 0 Å². The van der Waals surface area contributed by atoms with E-state index in [1.165, 1.54) is 0 Å². The zero-order valence-corrected chi connectivity index (χ0v) is 14.2. The highest BCUT2D eigenvalue weighted by Gasteiger charge is 2.64. The van der Waals surface area contributed by atoms with Crippen LogP contribution in [0, 0.1) is 34.5 Å². The van der Waals surface area contributed by atoms with E-state index in [-0.39, 0.29) is 34.7 Å². The SMILES string of the molecule is C[C@]12CC[C@@H](O)CC1[C@@H](O)[C@H](O)C1C2CC[C@]2(C)C(=O)CCC12. The third-order valence-electron chi connectivity index (χ3n) is 8.43. The average Bonchev–Trinajstić information content (AvgIpc) is 2.82. The van der Waals surface area contributed by atoms with Crippen molar-refractivity contribution in [3.63, 3.8) is 0 Å². The van der Waals surface area contributed by atoms with Crippen LogP contribution in [-0.2, 0) is 4.79 Å². The van der Waals surface area contributed by atoms with Crippen molar-refractivity contribution in [1.29, 1.82) is 0 Å². The van der Waals surface area contributed by atoms with Crippen molar-refractivity contribution in [3.8, 4) is 0 Å². The van der Waals surface area contributed by atoms with Crippen molar-refractivity contribution < 1.29 is 20.1 Å². The summed E-state index contributed by atoms with van der Waals surface area (Å²) in [6, 6.07) is 0. The number of carbonyl (C=O) groups excluding carboxylic acids is 1. The van der Waals surface area contributed by atoms with E-state index in [0.717, 1.165) is 32.1 Å². The van der Waals surface area contributed by atoms with E-state index in [4.69, 9.17) is 0 Å². The molecule has 4 fully saturated rings. The van der Waals surface area contributed by atoms with Gasteiger partial charge < -0.3 is 15.3 Å². The lowest BCUT2D eigenvalue weighted by Gasteiger charge is -2.62. The Labute approximate surface area is 138 Å². The van der Waals surface area contributed by atoms with Crippen LogP contribution in [0.4, 0.5) is 0 Å². The minimum Gasteiger partial charge on any atom is -0.393 e. The van der Waals surface area contributed by atoms with Gasteiger partial charge in [-0.25, -0.2) is 0 Å². The van der Waals surface area contributed by atoms with Gasteiger partial charge in [0.05, 0.1) is 18.3 Å². The van der Waals surface area contributed by atoms with Gasteiger partial charge >= 0.3 is 0 Å². The number of aliphatic hydroxyl groups excluding tert-OH is 3. The van der Waals surface area contributed by atoms with Crippen LogP contribution in [-0.4, -0.2) is 39.4 Å². The van der Waals surface area contributed by atoms with Crippen LogP contribution in [0.15, 0.2) is 0 Å². The van der Waals surface area contributed by atoms with E-state index in [0.29, 0.717) is 24.5 Å². The van der Waals surface area contributed by atoms with Crippen molar-refractivity contribution in [2.75, 3.05) is 0 Å². The molecule has 4 saturated carbocycles. The highest BCUT2D eigenvalue weighted by atomic mass is 16.3. The normalized spacial score (nSPS) is 59.2. The van der Waals surface area contributed by atoms with Crippen LogP contribution < -0.4 is 0 Å². The Bertz CT molecular complexity index is 519. The highest BCUT2D eigenvalue weighted by molar-refractivity contribution is 5.87. The van der Waals surface area contributed by atoms with Crippen molar-refractivity contribution in [2.24, 2.45) is 34.5 Å². The monoisotopic (exact) mass is 322 g/mol. The molecule has 0 aromatic rings. The molecule has 0 aliphatic heterocycles. The molecule has 3 N–H and O–H groups in total. The van der Waals surface area contributed by atoms with E-state index >= 15 is 0 Å². The Morgan fingerprint density at radius 2 is 1.65 bits per heavy atom. The number of fused-ring (bicyclic) bond motifs is 5. The molecule has 0 amide bonds. The van der Waals surface area contributed by atoms with Gasteiger partial charge in [0.15, 0.2) is 0 Å². The van der Waals surface area contributed by atoms with Crippen LogP contribution in [0.5, 0.6) is 0 Å². The molecule has 4 unspecified atom stereocenters. The molecule has 0 bridgehead atoms. The molecular weight excluding hydrogens is 292 g/mol. The summed E-state index contributed by atoms with van der Waals surface area (Å²) in [5.41, 5.74) is -0.311. The van der Waals surface area contributed by atoms with Gasteiger partial charge in [0.1, 0.15) is 5.78 Å². The van der Waals surface area contributed by atoms with Crippen LogP contribution in [0.1, 0.15) is 58.8 Å². The Hall–Kier alpha value is -0.450. The summed E-state index contributed by atoms with van der Waals surface area (Å²) in [4.78, 5) is 12.4. The standard InChI is InChI=1S/C19H30O4/c1-18-7-5-10(20)9-13(18)16(22)17(23)15-11-3-4-14(21)19(11,2)8-6-12(15)18/h10-13,15-17,20,22-23H,3-9H2,1-2H3/t10-,11?,12?,13?,15?,16-,17-,18-,19+/m1/s1. The molecule has 4 heteroatoms. The summed E-state index contributed by atoms with van der Waals surface area (Å²) in [7, 11) is 0. The van der Waals surface area contributed by atoms with Gasteiger partial charge in [-0.3, -0.25) is 4.79 Å². The molecule has 0 aromatic heterocycles. The summed E-state index contributed by atoms with van der Waals surface area (Å²) >= 11 is 0. The first-order chi connectivity index (χ1) is 10.8. The Balaban J connectivity index is 1.73. The highest BCUT2D eigenvalue weighted by Crippen LogP contribution is 2.65. The summed E-state index contributed by atoms with van der Waals surface area (Å²) in [5, 5.41) is 31.8. The third kappa shape index (κ3) is 1.98. The fourth-order valence-corrected chi connectivity index (χ4v) is 7.01. The molecule has 0 saturated heterocycles. The fraction of sp³-hybridized carbons (Fsp3) is 0.947. The molecule has 130 valence electrons. The lowest BCUT2D eigenvalue weighted by molar-refractivity contribution is -0.219. The minimum atomic E-state index is -0.769. The third-order valence-corrected chi connectivity index (χ3v) is 8.43. The van der Waals surface area contributed by atoms with Gasteiger partial charge in [-0.05, 0) is 67.6 Å². The zero-order valence-electron chi connectivity index (χ0n) is 14.2. The maximum absolute atomic E-state index is 12.4. The maximum atomic E-state index is 12.4. The van der Waals surface area contributed by atoms with E-state index in [1.807, 2.05) is 0 Å². The van der Waals surface area contributed by atoms with Gasteiger partial charge in [0.25, 0.3) is 0 Å². The first-order valence-electron chi connectivity index (χ1n) is 9.36. The molecular formula is C19H30O4. The Morgan fingerprint density at radius 3 is 2.39 bits per heavy atom. The smallest absolute Gasteiger partial charge is 0.139 e. The first-order valence-corrected chi connectivity index (χ1v) is 9.36. The quantitative estimate of drug-likeness (QED) is 0.636. The molecule has 4 nitrogen and oxygen atoms in total. The van der Waals surface area contributed by atoms with E-state index in [9.17, 15) is 20.1 Å². The van der Waals surface area contributed by atoms with Crippen molar-refractivity contribution in [3.05, 3.63) is 0 Å². The van der Waals surface area contributed by atoms with E-state index < -0.39 is 12.2 Å². The predicted molar refractivity (Wildman–Crippen MR) is 85.5 cm³/mol. The van der Waals surface area contributed by atoms with Gasteiger partial charge in [0, 0.05) is 11.8 Å². The van der Waals surface area contributed by atoms with Gasteiger partial charge in [-0.1, -0.05) is 13.8 Å². The molecule has 0 radical (unpaired) electrons. The molecule has 0 aromatic carbocycles. The summed E-state index contributed by atoms with van der Waals surface area (Å²) in [6.07, 6.45) is 3.82. The Morgan fingerprint density at radius 1 is 0.913 bits per heavy atom. The molecule has 4 rings (SSSR count). The van der Waals surface area contributed by atoms with Gasteiger partial charge in [0.2, 0.25) is 0 Å². The number of carbonyl (C=O) groups is 1. The topological polar surface area (TPSA) is 77.8 Å². The summed E-state index contributed by atoms with van der Waals surface area (Å²) in [5.74, 6) is 0.940. The first kappa shape index (κ1) is 16.0. The minimum absolute atomic E-state index is 0.0183. The second kappa shape index (κ2) is 5.03. The second-order valence-electron chi connectivity index (χ2n) is 9.23. The molecule has 4 aliphatic carbocycles. The number of hydrogen-bond acceptors (Lipinski definition) is 4. The summed E-state index contributed by atoms with van der Waals surface area (Å²) in [6.45, 7) is 4.34. The molecule has 4 aliphatic rings. The zero-order chi connectivity index (χ0) is 16.6. The molecule has 0 heterocycles. The molecule has 23 heavy (non-hydrogen) atoms. The van der Waals surface area contributed by atoms with Crippen LogP contribution >= 0.6 is 0 Å². The molecule has 9 atom stereocenters. The van der Waals surface area contributed by atoms with Crippen molar-refractivity contribution in [1.82, 2.24) is 0 Å². The maximum Gasteiger partial charge on any atom is 0.139 e. The second-order valence-corrected chi connectivity index (χ2v) is 9.23. The number of rotatable bonds is 0. The van der Waals surface area contributed by atoms with Crippen LogP contribution in [0.25, 0.3) is 0 Å². The van der Waals surface area contributed by atoms with Crippen molar-refractivity contribution in [2.45, 2.75) is 77.1 Å².